The molecule has 1 aromatic carbocycles. The molecule has 1 aliphatic carbocycles. The number of piperazine rings is 1. The van der Waals surface area contributed by atoms with Crippen molar-refractivity contribution in [3.63, 3.8) is 0 Å². The van der Waals surface area contributed by atoms with Gasteiger partial charge >= 0.3 is 0 Å². The number of hydrogen-bond donors (Lipinski definition) is 2. The van der Waals surface area contributed by atoms with Crippen molar-refractivity contribution in [3.8, 4) is 11.8 Å². The zero-order valence-electron chi connectivity index (χ0n) is 17.4. The maximum Gasteiger partial charge on any atom is 0.237 e. The summed E-state index contributed by atoms with van der Waals surface area (Å²) in [6.45, 7) is 1.38. The van der Waals surface area contributed by atoms with Crippen molar-refractivity contribution < 1.29 is 9.59 Å². The summed E-state index contributed by atoms with van der Waals surface area (Å²) in [4.78, 5) is 31.5. The van der Waals surface area contributed by atoms with Gasteiger partial charge in [0.05, 0.1) is 18.0 Å². The van der Waals surface area contributed by atoms with Gasteiger partial charge in [0.25, 0.3) is 0 Å². The number of para-hydroxylation sites is 1. The number of carbonyl (C=O) groups is 2. The predicted molar refractivity (Wildman–Crippen MR) is 117 cm³/mol. The molecule has 2 fully saturated rings. The molecule has 1 saturated carbocycles. The lowest BCUT2D eigenvalue weighted by atomic mass is 9.81. The molecule has 2 heterocycles. The van der Waals surface area contributed by atoms with Crippen LogP contribution in [0.25, 0.3) is 10.9 Å². The number of hydrogen-bond acceptors (Lipinski definition) is 4. The van der Waals surface area contributed by atoms with Crippen LogP contribution >= 0.6 is 0 Å². The highest BCUT2D eigenvalue weighted by Crippen LogP contribution is 2.28. The van der Waals surface area contributed by atoms with Gasteiger partial charge in [-0.25, -0.2) is 0 Å². The van der Waals surface area contributed by atoms with Crippen LogP contribution in [0.2, 0.25) is 0 Å². The molecule has 4 rings (SSSR count). The van der Waals surface area contributed by atoms with Crippen LogP contribution in [0.5, 0.6) is 0 Å². The van der Waals surface area contributed by atoms with Crippen molar-refractivity contribution in [2.24, 2.45) is 0 Å². The maximum atomic E-state index is 12.9. The van der Waals surface area contributed by atoms with Crippen LogP contribution in [0, 0.1) is 11.8 Å². The number of carbonyl (C=O) groups excluding carboxylic acids is 2. The van der Waals surface area contributed by atoms with E-state index in [0.29, 0.717) is 6.54 Å². The van der Waals surface area contributed by atoms with E-state index < -0.39 is 11.6 Å². The molecular weight excluding hydrogens is 376 g/mol. The number of aromatic nitrogens is 1. The molecule has 2 aliphatic rings. The van der Waals surface area contributed by atoms with Crippen LogP contribution in [0.1, 0.15) is 44.1 Å². The minimum Gasteiger partial charge on any atom is -0.353 e. The molecule has 0 spiro atoms. The van der Waals surface area contributed by atoms with Gasteiger partial charge in [-0.05, 0) is 32.0 Å². The van der Waals surface area contributed by atoms with Gasteiger partial charge < -0.3 is 10.6 Å². The number of amides is 2. The summed E-state index contributed by atoms with van der Waals surface area (Å²) in [5.41, 5.74) is 1.25. The van der Waals surface area contributed by atoms with E-state index >= 15 is 0 Å². The molecule has 2 amide bonds. The normalized spacial score (nSPS) is 21.4. The Balaban J connectivity index is 1.52. The first-order valence-corrected chi connectivity index (χ1v) is 10.7. The Morgan fingerprint density at radius 2 is 2.10 bits per heavy atom. The summed E-state index contributed by atoms with van der Waals surface area (Å²) >= 11 is 0. The lowest BCUT2D eigenvalue weighted by molar-refractivity contribution is -0.133. The fourth-order valence-corrected chi connectivity index (χ4v) is 4.34. The zero-order valence-corrected chi connectivity index (χ0v) is 17.4. The molecule has 1 aliphatic heterocycles. The molecule has 2 aromatic rings. The van der Waals surface area contributed by atoms with Gasteiger partial charge in [0.2, 0.25) is 11.8 Å². The van der Waals surface area contributed by atoms with Crippen LogP contribution in [0.4, 0.5) is 0 Å². The van der Waals surface area contributed by atoms with Crippen LogP contribution < -0.4 is 10.6 Å². The first-order chi connectivity index (χ1) is 14.5. The Bertz CT molecular complexity index is 1000. The summed E-state index contributed by atoms with van der Waals surface area (Å²) in [6.07, 6.45) is 6.84. The van der Waals surface area contributed by atoms with Crippen LogP contribution in [0.3, 0.4) is 0 Å². The summed E-state index contributed by atoms with van der Waals surface area (Å²) in [6, 6.07) is 9.58. The smallest absolute Gasteiger partial charge is 0.237 e. The largest absolute Gasteiger partial charge is 0.353 e. The van der Waals surface area contributed by atoms with Crippen LogP contribution in [0.15, 0.2) is 36.5 Å². The highest BCUT2D eigenvalue weighted by molar-refractivity contribution is 5.89. The molecule has 6 nitrogen and oxygen atoms in total. The molecular formula is C24H28N4O2. The number of pyridine rings is 1. The zero-order chi connectivity index (χ0) is 21.0. The van der Waals surface area contributed by atoms with Crippen molar-refractivity contribution in [1.82, 2.24) is 20.5 Å². The quantitative estimate of drug-likeness (QED) is 0.770. The second-order valence-corrected chi connectivity index (χ2v) is 8.35. The van der Waals surface area contributed by atoms with E-state index in [1.54, 1.807) is 6.20 Å². The van der Waals surface area contributed by atoms with E-state index in [1.165, 1.54) is 0 Å². The van der Waals surface area contributed by atoms with Crippen molar-refractivity contribution in [1.29, 1.82) is 0 Å². The Labute approximate surface area is 177 Å². The Morgan fingerprint density at radius 1 is 1.30 bits per heavy atom. The second kappa shape index (κ2) is 8.85. The van der Waals surface area contributed by atoms with E-state index in [2.05, 4.69) is 27.5 Å². The highest BCUT2D eigenvalue weighted by atomic mass is 16.2. The van der Waals surface area contributed by atoms with E-state index in [4.69, 9.17) is 0 Å². The minimum atomic E-state index is -0.537. The molecule has 1 atom stereocenters. The molecule has 0 bridgehead atoms. The summed E-state index contributed by atoms with van der Waals surface area (Å²) in [5, 5.41) is 7.09. The number of nitrogens with zero attached hydrogens (tertiary/aromatic N) is 2. The highest BCUT2D eigenvalue weighted by Gasteiger charge is 2.35. The first kappa shape index (κ1) is 20.4. The van der Waals surface area contributed by atoms with Crippen molar-refractivity contribution in [2.75, 3.05) is 20.1 Å². The van der Waals surface area contributed by atoms with Crippen molar-refractivity contribution >= 4 is 22.7 Å². The summed E-state index contributed by atoms with van der Waals surface area (Å²) < 4.78 is 0. The third kappa shape index (κ3) is 4.63. The number of likely N-dealkylation sites (N-methyl/N-ethyl adjacent to an activating group) is 1. The van der Waals surface area contributed by atoms with E-state index in [-0.39, 0.29) is 18.2 Å². The molecule has 2 N–H and O–H groups in total. The SMILES string of the molecule is CN1CCNC(=O)C1CC(=O)NC1(C#Cc2cnc3ccccc3c2)CCCCC1. The molecule has 156 valence electrons. The fourth-order valence-electron chi connectivity index (χ4n) is 4.34. The minimum absolute atomic E-state index is 0.0788. The average Bonchev–Trinajstić information content (AvgIpc) is 2.75. The van der Waals surface area contributed by atoms with E-state index in [9.17, 15) is 9.59 Å². The van der Waals surface area contributed by atoms with Gasteiger partial charge in [0, 0.05) is 30.2 Å². The molecule has 0 radical (unpaired) electrons. The Kier molecular flexibility index (Phi) is 6.01. The predicted octanol–water partition coefficient (Wildman–Crippen LogP) is 2.23. The summed E-state index contributed by atoms with van der Waals surface area (Å²) in [5.74, 6) is 6.43. The van der Waals surface area contributed by atoms with Gasteiger partial charge in [-0.1, -0.05) is 49.3 Å². The lowest BCUT2D eigenvalue weighted by Gasteiger charge is -2.35. The van der Waals surface area contributed by atoms with Crippen LogP contribution in [-0.4, -0.2) is 53.4 Å². The van der Waals surface area contributed by atoms with Crippen molar-refractivity contribution in [3.05, 3.63) is 42.1 Å². The monoisotopic (exact) mass is 404 g/mol. The van der Waals surface area contributed by atoms with Gasteiger partial charge in [-0.3, -0.25) is 19.5 Å². The van der Waals surface area contributed by atoms with Gasteiger partial charge in [0.1, 0.15) is 5.54 Å². The maximum absolute atomic E-state index is 12.9. The lowest BCUT2D eigenvalue weighted by Crippen LogP contribution is -2.56. The third-order valence-corrected chi connectivity index (χ3v) is 6.10. The fraction of sp³-hybridized carbons (Fsp3) is 0.458. The average molecular weight is 405 g/mol. The van der Waals surface area contributed by atoms with E-state index in [1.807, 2.05) is 42.3 Å². The van der Waals surface area contributed by atoms with Gasteiger partial charge in [-0.15, -0.1) is 0 Å². The topological polar surface area (TPSA) is 74.3 Å². The Hall–Kier alpha value is -2.91. The first-order valence-electron chi connectivity index (χ1n) is 10.7. The molecule has 30 heavy (non-hydrogen) atoms. The van der Waals surface area contributed by atoms with E-state index in [0.717, 1.165) is 55.1 Å². The van der Waals surface area contributed by atoms with Crippen molar-refractivity contribution in [2.45, 2.75) is 50.1 Å². The van der Waals surface area contributed by atoms with Gasteiger partial charge in [-0.2, -0.15) is 0 Å². The molecule has 6 heteroatoms. The molecule has 1 saturated heterocycles. The molecule has 1 unspecified atom stereocenters. The third-order valence-electron chi connectivity index (χ3n) is 6.10. The number of fused-ring (bicyclic) bond motifs is 1. The molecule has 1 aromatic heterocycles. The van der Waals surface area contributed by atoms with Crippen LogP contribution in [-0.2, 0) is 9.59 Å². The standard InChI is InChI=1S/C24H28N4O2/c1-28-14-13-25-23(30)21(28)16-22(29)27-24(10-5-2-6-11-24)12-9-18-15-19-7-3-4-8-20(19)26-17-18/h3-4,7-8,15,17,21H,2,5-6,10-11,13-14,16H2,1H3,(H,25,30)(H,27,29). The number of nitrogens with one attached hydrogen (secondary N) is 2. The second-order valence-electron chi connectivity index (χ2n) is 8.35. The Morgan fingerprint density at radius 3 is 2.90 bits per heavy atom. The van der Waals surface area contributed by atoms with Gasteiger partial charge in [0.15, 0.2) is 0 Å². The number of benzene rings is 1. The summed E-state index contributed by atoms with van der Waals surface area (Å²) in [7, 11) is 1.89. The number of rotatable bonds is 3.